The average molecular weight is 540 g/mol. The lowest BCUT2D eigenvalue weighted by Crippen LogP contribution is -2.57. The van der Waals surface area contributed by atoms with Crippen molar-refractivity contribution in [2.45, 2.75) is 56.3 Å². The molecule has 1 saturated heterocycles. The van der Waals surface area contributed by atoms with Crippen molar-refractivity contribution in [3.8, 4) is 5.75 Å². The van der Waals surface area contributed by atoms with E-state index in [0.717, 1.165) is 5.56 Å². The molecule has 1 heterocycles. The van der Waals surface area contributed by atoms with Gasteiger partial charge in [0.05, 0.1) is 12.5 Å². The van der Waals surface area contributed by atoms with Crippen LogP contribution in [0.3, 0.4) is 0 Å². The maximum absolute atomic E-state index is 13.7. The molecule has 3 rings (SSSR count). The van der Waals surface area contributed by atoms with Crippen molar-refractivity contribution in [3.05, 3.63) is 65.7 Å². The minimum atomic E-state index is -1.27. The fourth-order valence-electron chi connectivity index (χ4n) is 4.48. The van der Waals surface area contributed by atoms with E-state index in [1.165, 1.54) is 17.0 Å². The number of carbonyl (C=O) groups is 5. The number of carbonyl (C=O) groups excluding carboxylic acids is 4. The van der Waals surface area contributed by atoms with Crippen LogP contribution in [0.2, 0.25) is 0 Å². The number of nitrogens with two attached hydrogens (primary N) is 2. The molecule has 2 aromatic rings. The average Bonchev–Trinajstić information content (AvgIpc) is 3.39. The third-order valence-corrected chi connectivity index (χ3v) is 6.48. The Kier molecular flexibility index (Phi) is 9.98. The quantitative estimate of drug-likeness (QED) is 0.205. The summed E-state index contributed by atoms with van der Waals surface area (Å²) in [6.45, 7) is 0.225. The summed E-state index contributed by atoms with van der Waals surface area (Å²) < 4.78 is 0. The SMILES string of the molecule is NC(=O)CC(N)C(=O)NC(Cc1ccc(O)cc1)C(=O)N1CCCC1C(=O)NC(Cc1ccccc1)C(=O)O. The van der Waals surface area contributed by atoms with Crippen LogP contribution in [-0.4, -0.2) is 75.4 Å². The van der Waals surface area contributed by atoms with Crippen molar-refractivity contribution in [2.75, 3.05) is 6.54 Å². The van der Waals surface area contributed by atoms with E-state index in [0.29, 0.717) is 18.4 Å². The van der Waals surface area contributed by atoms with Crippen LogP contribution in [0.5, 0.6) is 5.75 Å². The molecule has 1 aliphatic heterocycles. The van der Waals surface area contributed by atoms with Gasteiger partial charge in [-0.25, -0.2) is 4.79 Å². The molecular formula is C27H33N5O7. The lowest BCUT2D eigenvalue weighted by molar-refractivity contribution is -0.144. The summed E-state index contributed by atoms with van der Waals surface area (Å²) in [6.07, 6.45) is 0.487. The Balaban J connectivity index is 1.77. The molecule has 4 amide bonds. The van der Waals surface area contributed by atoms with Gasteiger partial charge in [-0.2, -0.15) is 0 Å². The van der Waals surface area contributed by atoms with Crippen LogP contribution >= 0.6 is 0 Å². The summed E-state index contributed by atoms with van der Waals surface area (Å²) >= 11 is 0. The van der Waals surface area contributed by atoms with Crippen LogP contribution in [0.1, 0.15) is 30.4 Å². The first-order valence-corrected chi connectivity index (χ1v) is 12.5. The number of hydrogen-bond donors (Lipinski definition) is 6. The topological polar surface area (TPSA) is 205 Å². The molecule has 208 valence electrons. The molecule has 0 aliphatic carbocycles. The number of nitrogens with one attached hydrogen (secondary N) is 2. The number of benzene rings is 2. The van der Waals surface area contributed by atoms with Crippen LogP contribution in [0.4, 0.5) is 0 Å². The van der Waals surface area contributed by atoms with E-state index in [2.05, 4.69) is 10.6 Å². The Morgan fingerprint density at radius 1 is 0.923 bits per heavy atom. The molecule has 4 atom stereocenters. The summed E-state index contributed by atoms with van der Waals surface area (Å²) in [4.78, 5) is 63.9. The Morgan fingerprint density at radius 2 is 1.54 bits per heavy atom. The monoisotopic (exact) mass is 539 g/mol. The third kappa shape index (κ3) is 8.27. The summed E-state index contributed by atoms with van der Waals surface area (Å²) in [6, 6.07) is 10.3. The number of carboxylic acids is 1. The number of primary amides is 1. The van der Waals surface area contributed by atoms with Gasteiger partial charge in [-0.15, -0.1) is 0 Å². The maximum atomic E-state index is 13.7. The van der Waals surface area contributed by atoms with Crippen LogP contribution in [-0.2, 0) is 36.8 Å². The molecule has 0 radical (unpaired) electrons. The molecule has 0 saturated carbocycles. The second kappa shape index (κ2) is 13.4. The van der Waals surface area contributed by atoms with Crippen molar-refractivity contribution < 1.29 is 34.2 Å². The van der Waals surface area contributed by atoms with Gasteiger partial charge in [0.15, 0.2) is 0 Å². The number of hydrogen-bond acceptors (Lipinski definition) is 7. The van der Waals surface area contributed by atoms with Gasteiger partial charge in [0.2, 0.25) is 23.6 Å². The van der Waals surface area contributed by atoms with E-state index >= 15 is 0 Å². The minimum Gasteiger partial charge on any atom is -0.508 e. The number of carboxylic acid groups (broad SMARTS) is 1. The highest BCUT2D eigenvalue weighted by atomic mass is 16.4. The summed E-state index contributed by atoms with van der Waals surface area (Å²) in [5.74, 6) is -3.89. The van der Waals surface area contributed by atoms with Crippen LogP contribution in [0.25, 0.3) is 0 Å². The van der Waals surface area contributed by atoms with Crippen LogP contribution < -0.4 is 22.1 Å². The molecule has 0 spiro atoms. The first-order chi connectivity index (χ1) is 18.5. The third-order valence-electron chi connectivity index (χ3n) is 6.48. The summed E-state index contributed by atoms with van der Waals surface area (Å²) in [7, 11) is 0. The van der Waals surface area contributed by atoms with E-state index in [1.54, 1.807) is 42.5 Å². The number of likely N-dealkylation sites (tertiary alicyclic amines) is 1. The van der Waals surface area contributed by atoms with Gasteiger partial charge in [-0.1, -0.05) is 42.5 Å². The first kappa shape index (κ1) is 29.1. The molecule has 4 unspecified atom stereocenters. The number of aliphatic carboxylic acids is 1. The zero-order valence-electron chi connectivity index (χ0n) is 21.3. The highest BCUT2D eigenvalue weighted by molar-refractivity contribution is 5.95. The van der Waals surface area contributed by atoms with Gasteiger partial charge >= 0.3 is 5.97 Å². The molecular weight excluding hydrogens is 506 g/mol. The Morgan fingerprint density at radius 3 is 2.15 bits per heavy atom. The van der Waals surface area contributed by atoms with E-state index in [1.807, 2.05) is 0 Å². The van der Waals surface area contributed by atoms with Gasteiger partial charge in [0.25, 0.3) is 0 Å². The van der Waals surface area contributed by atoms with Crippen molar-refractivity contribution >= 4 is 29.6 Å². The number of amides is 4. The minimum absolute atomic E-state index is 0.0186. The largest absolute Gasteiger partial charge is 0.508 e. The molecule has 0 aromatic heterocycles. The molecule has 1 fully saturated rings. The van der Waals surface area contributed by atoms with E-state index in [-0.39, 0.29) is 25.1 Å². The maximum Gasteiger partial charge on any atom is 0.326 e. The molecule has 0 bridgehead atoms. The first-order valence-electron chi connectivity index (χ1n) is 12.5. The highest BCUT2D eigenvalue weighted by Gasteiger charge is 2.39. The van der Waals surface area contributed by atoms with Gasteiger partial charge in [-0.05, 0) is 36.1 Å². The lowest BCUT2D eigenvalue weighted by Gasteiger charge is -2.30. The molecule has 1 aliphatic rings. The van der Waals surface area contributed by atoms with E-state index in [9.17, 15) is 34.2 Å². The second-order valence-electron chi connectivity index (χ2n) is 9.49. The van der Waals surface area contributed by atoms with E-state index in [4.69, 9.17) is 11.5 Å². The van der Waals surface area contributed by atoms with Gasteiger partial charge in [0.1, 0.15) is 23.9 Å². The van der Waals surface area contributed by atoms with Crippen LogP contribution in [0, 0.1) is 0 Å². The Labute approximate surface area is 225 Å². The zero-order chi connectivity index (χ0) is 28.5. The Hall–Kier alpha value is -4.45. The van der Waals surface area contributed by atoms with Crippen molar-refractivity contribution in [1.82, 2.24) is 15.5 Å². The number of rotatable bonds is 12. The standard InChI is InChI=1S/C27H33N5O7/c28-19(15-23(29)34)24(35)30-20(13-17-8-10-18(33)11-9-17)26(37)32-12-4-7-22(32)25(36)31-21(27(38)39)14-16-5-2-1-3-6-16/h1-3,5-6,8-11,19-22,33H,4,7,12-15,28H2,(H2,29,34)(H,30,35)(H,31,36)(H,38,39). The smallest absolute Gasteiger partial charge is 0.326 e. The van der Waals surface area contributed by atoms with Crippen molar-refractivity contribution in [1.29, 1.82) is 0 Å². The summed E-state index contributed by atoms with van der Waals surface area (Å²) in [5.41, 5.74) is 12.2. The van der Waals surface area contributed by atoms with Gasteiger partial charge < -0.3 is 37.2 Å². The molecule has 2 aromatic carbocycles. The Bertz CT molecular complexity index is 1190. The molecule has 39 heavy (non-hydrogen) atoms. The number of nitrogens with zero attached hydrogens (tertiary/aromatic N) is 1. The lowest BCUT2D eigenvalue weighted by atomic mass is 10.0. The van der Waals surface area contributed by atoms with Crippen molar-refractivity contribution in [3.63, 3.8) is 0 Å². The van der Waals surface area contributed by atoms with Gasteiger partial charge in [0, 0.05) is 19.4 Å². The fraction of sp³-hybridized carbons (Fsp3) is 0.370. The predicted octanol–water partition coefficient (Wildman–Crippen LogP) is -0.575. The number of phenolic OH excluding ortho intramolecular Hbond substituents is 1. The normalized spacial score (nSPS) is 17.1. The number of aromatic hydroxyl groups is 1. The van der Waals surface area contributed by atoms with Crippen LogP contribution in [0.15, 0.2) is 54.6 Å². The fourth-order valence-corrected chi connectivity index (χ4v) is 4.48. The highest BCUT2D eigenvalue weighted by Crippen LogP contribution is 2.21. The molecule has 12 heteroatoms. The second-order valence-corrected chi connectivity index (χ2v) is 9.49. The van der Waals surface area contributed by atoms with E-state index < -0.39 is 60.2 Å². The molecule has 12 nitrogen and oxygen atoms in total. The number of phenols is 1. The molecule has 8 N–H and O–H groups in total. The summed E-state index contributed by atoms with van der Waals surface area (Å²) in [5, 5.41) is 24.4. The zero-order valence-corrected chi connectivity index (χ0v) is 21.3. The predicted molar refractivity (Wildman–Crippen MR) is 140 cm³/mol. The van der Waals surface area contributed by atoms with Gasteiger partial charge in [-0.3, -0.25) is 19.2 Å². The van der Waals surface area contributed by atoms with Crippen molar-refractivity contribution in [2.24, 2.45) is 11.5 Å².